The van der Waals surface area contributed by atoms with Gasteiger partial charge >= 0.3 is 5.97 Å². The molecule has 1 aliphatic carbocycles. The summed E-state index contributed by atoms with van der Waals surface area (Å²) in [5.74, 6) is 1.55. The fraction of sp³-hybridized carbons (Fsp3) is 0.571. The molecule has 2 aliphatic rings. The third kappa shape index (κ3) is 1.96. The van der Waals surface area contributed by atoms with E-state index in [0.29, 0.717) is 18.2 Å². The third-order valence-electron chi connectivity index (χ3n) is 3.96. The second-order valence-corrected chi connectivity index (χ2v) is 5.11. The van der Waals surface area contributed by atoms with Gasteiger partial charge in [0.15, 0.2) is 0 Å². The lowest BCUT2D eigenvalue weighted by atomic mass is 10.1. The molecule has 0 N–H and O–H groups in total. The quantitative estimate of drug-likeness (QED) is 0.767. The van der Waals surface area contributed by atoms with E-state index in [4.69, 9.17) is 4.74 Å². The molecule has 1 aromatic rings. The topological polar surface area (TPSA) is 42.4 Å². The lowest BCUT2D eigenvalue weighted by molar-refractivity contribution is 0.0526. The minimum atomic E-state index is -0.292. The Hall–Kier alpha value is -1.58. The average molecular weight is 246 g/mol. The van der Waals surface area contributed by atoms with Crippen LogP contribution in [0.1, 0.15) is 36.5 Å². The van der Waals surface area contributed by atoms with Crippen LogP contribution in [-0.2, 0) is 4.74 Å². The maximum atomic E-state index is 11.5. The van der Waals surface area contributed by atoms with Crippen molar-refractivity contribution in [1.82, 2.24) is 4.98 Å². The van der Waals surface area contributed by atoms with Crippen molar-refractivity contribution in [1.29, 1.82) is 0 Å². The highest BCUT2D eigenvalue weighted by Gasteiger charge is 2.38. The van der Waals surface area contributed by atoms with Crippen LogP contribution < -0.4 is 4.90 Å². The van der Waals surface area contributed by atoms with Crippen molar-refractivity contribution in [2.75, 3.05) is 18.1 Å². The normalized spacial score (nSPS) is 25.5. The Kier molecular flexibility index (Phi) is 2.94. The van der Waals surface area contributed by atoms with Crippen molar-refractivity contribution in [3.63, 3.8) is 0 Å². The van der Waals surface area contributed by atoms with Crippen LogP contribution in [0.15, 0.2) is 18.3 Å². The molecule has 0 radical (unpaired) electrons. The highest BCUT2D eigenvalue weighted by atomic mass is 16.5. The van der Waals surface area contributed by atoms with E-state index in [2.05, 4.69) is 9.88 Å². The molecule has 0 amide bonds. The second kappa shape index (κ2) is 4.59. The van der Waals surface area contributed by atoms with Gasteiger partial charge in [-0.15, -0.1) is 0 Å². The van der Waals surface area contributed by atoms with Crippen molar-refractivity contribution in [2.45, 2.75) is 32.2 Å². The molecule has 2 heterocycles. The van der Waals surface area contributed by atoms with Crippen LogP contribution in [-0.4, -0.2) is 30.1 Å². The van der Waals surface area contributed by atoms with E-state index in [1.807, 2.05) is 12.1 Å². The molecule has 4 heteroatoms. The predicted molar refractivity (Wildman–Crippen MR) is 68.7 cm³/mol. The molecule has 2 bridgehead atoms. The molecule has 96 valence electrons. The summed E-state index contributed by atoms with van der Waals surface area (Å²) in [5.41, 5.74) is 0.532. The minimum Gasteiger partial charge on any atom is -0.462 e. The Balaban J connectivity index is 1.73. The number of fused-ring (bicyclic) bond motifs is 2. The van der Waals surface area contributed by atoms with Crippen LogP contribution in [0.4, 0.5) is 5.82 Å². The number of carbonyl (C=O) groups is 1. The van der Waals surface area contributed by atoms with E-state index in [0.717, 1.165) is 18.3 Å². The third-order valence-corrected chi connectivity index (χ3v) is 3.96. The Labute approximate surface area is 107 Å². The van der Waals surface area contributed by atoms with Crippen molar-refractivity contribution < 1.29 is 9.53 Å². The van der Waals surface area contributed by atoms with Gasteiger partial charge in [0.05, 0.1) is 12.2 Å². The van der Waals surface area contributed by atoms with E-state index >= 15 is 0 Å². The maximum absolute atomic E-state index is 11.5. The molecule has 1 saturated carbocycles. The fourth-order valence-corrected chi connectivity index (χ4v) is 3.10. The van der Waals surface area contributed by atoms with Crippen LogP contribution >= 0.6 is 0 Å². The lowest BCUT2D eigenvalue weighted by Crippen LogP contribution is -2.32. The standard InChI is InChI=1S/C14H18N2O2/c1-2-18-14(17)11-4-6-13(15-8-11)16-9-10-3-5-12(16)7-10/h4,6,8,10,12H,2-3,5,7,9H2,1H3. The molecule has 4 nitrogen and oxygen atoms in total. The first kappa shape index (κ1) is 11.5. The van der Waals surface area contributed by atoms with Crippen LogP contribution in [0.25, 0.3) is 0 Å². The highest BCUT2D eigenvalue weighted by Crippen LogP contribution is 2.39. The minimum absolute atomic E-state index is 0.292. The zero-order chi connectivity index (χ0) is 12.5. The summed E-state index contributed by atoms with van der Waals surface area (Å²) in [6.45, 7) is 3.33. The molecule has 1 aromatic heterocycles. The summed E-state index contributed by atoms with van der Waals surface area (Å²) in [6.07, 6.45) is 5.58. The van der Waals surface area contributed by atoms with Gasteiger partial charge in [-0.2, -0.15) is 0 Å². The molecule has 2 fully saturated rings. The fourth-order valence-electron chi connectivity index (χ4n) is 3.10. The molecule has 1 aliphatic heterocycles. The number of pyridine rings is 1. The molecule has 3 rings (SSSR count). The first-order valence-electron chi connectivity index (χ1n) is 6.67. The van der Waals surface area contributed by atoms with Crippen LogP contribution in [0.5, 0.6) is 0 Å². The van der Waals surface area contributed by atoms with Gasteiger partial charge in [-0.1, -0.05) is 0 Å². The number of anilines is 1. The van der Waals surface area contributed by atoms with E-state index in [1.54, 1.807) is 13.1 Å². The first-order valence-corrected chi connectivity index (χ1v) is 6.67. The van der Waals surface area contributed by atoms with Crippen molar-refractivity contribution in [3.8, 4) is 0 Å². The number of carbonyl (C=O) groups excluding carboxylic acids is 1. The Morgan fingerprint density at radius 1 is 1.50 bits per heavy atom. The molecular formula is C14H18N2O2. The molecule has 1 saturated heterocycles. The number of hydrogen-bond acceptors (Lipinski definition) is 4. The summed E-state index contributed by atoms with van der Waals surface area (Å²) < 4.78 is 4.95. The molecule has 18 heavy (non-hydrogen) atoms. The number of rotatable bonds is 3. The predicted octanol–water partition coefficient (Wildman–Crippen LogP) is 2.25. The van der Waals surface area contributed by atoms with Gasteiger partial charge < -0.3 is 9.64 Å². The maximum Gasteiger partial charge on any atom is 0.339 e. The van der Waals surface area contributed by atoms with Gasteiger partial charge in [-0.25, -0.2) is 9.78 Å². The molecule has 0 aromatic carbocycles. The Morgan fingerprint density at radius 2 is 2.39 bits per heavy atom. The summed E-state index contributed by atoms with van der Waals surface area (Å²) in [7, 11) is 0. The summed E-state index contributed by atoms with van der Waals surface area (Å²) >= 11 is 0. The number of esters is 1. The number of piperidine rings is 1. The average Bonchev–Trinajstić information content (AvgIpc) is 3.01. The summed E-state index contributed by atoms with van der Waals surface area (Å²) in [5, 5.41) is 0. The first-order chi connectivity index (χ1) is 8.78. The number of aromatic nitrogens is 1. The van der Waals surface area contributed by atoms with Gasteiger partial charge in [0.1, 0.15) is 5.82 Å². The summed E-state index contributed by atoms with van der Waals surface area (Å²) in [4.78, 5) is 18.3. The van der Waals surface area contributed by atoms with Gasteiger partial charge in [0.2, 0.25) is 0 Å². The molecule has 2 unspecified atom stereocenters. The molecule has 0 spiro atoms. The van der Waals surface area contributed by atoms with Crippen LogP contribution in [0.3, 0.4) is 0 Å². The largest absolute Gasteiger partial charge is 0.462 e. The smallest absolute Gasteiger partial charge is 0.339 e. The second-order valence-electron chi connectivity index (χ2n) is 5.11. The Morgan fingerprint density at radius 3 is 2.94 bits per heavy atom. The zero-order valence-electron chi connectivity index (χ0n) is 10.6. The van der Waals surface area contributed by atoms with E-state index < -0.39 is 0 Å². The van der Waals surface area contributed by atoms with E-state index in [1.165, 1.54) is 19.3 Å². The summed E-state index contributed by atoms with van der Waals surface area (Å²) in [6, 6.07) is 4.41. The number of nitrogens with zero attached hydrogens (tertiary/aromatic N) is 2. The van der Waals surface area contributed by atoms with Crippen molar-refractivity contribution >= 4 is 11.8 Å². The highest BCUT2D eigenvalue weighted by molar-refractivity contribution is 5.89. The van der Waals surface area contributed by atoms with Crippen LogP contribution in [0, 0.1) is 5.92 Å². The molecule has 2 atom stereocenters. The number of hydrogen-bond donors (Lipinski definition) is 0. The van der Waals surface area contributed by atoms with Crippen molar-refractivity contribution in [3.05, 3.63) is 23.9 Å². The van der Waals surface area contributed by atoms with E-state index in [9.17, 15) is 4.79 Å². The van der Waals surface area contributed by atoms with E-state index in [-0.39, 0.29) is 5.97 Å². The van der Waals surface area contributed by atoms with Crippen molar-refractivity contribution in [2.24, 2.45) is 5.92 Å². The lowest BCUT2D eigenvalue weighted by Gasteiger charge is -2.27. The number of ether oxygens (including phenoxy) is 1. The van der Waals surface area contributed by atoms with Gasteiger partial charge in [0.25, 0.3) is 0 Å². The zero-order valence-corrected chi connectivity index (χ0v) is 10.6. The Bertz CT molecular complexity index is 444. The SMILES string of the molecule is CCOC(=O)c1ccc(N2CC3CCC2C3)nc1. The van der Waals surface area contributed by atoms with Gasteiger partial charge in [0, 0.05) is 18.8 Å². The van der Waals surface area contributed by atoms with Gasteiger partial charge in [-0.05, 0) is 44.2 Å². The van der Waals surface area contributed by atoms with Gasteiger partial charge in [-0.3, -0.25) is 0 Å². The van der Waals surface area contributed by atoms with Crippen LogP contribution in [0.2, 0.25) is 0 Å². The molecular weight excluding hydrogens is 228 g/mol. The monoisotopic (exact) mass is 246 g/mol.